The molecule has 0 amide bonds. The molecule has 0 radical (unpaired) electrons. The maximum absolute atomic E-state index is 2.91. The Morgan fingerprint density at radius 2 is 2.14 bits per heavy atom. The number of rotatable bonds is 0. The molecule has 0 aromatic heterocycles. The fourth-order valence-electron chi connectivity index (χ4n) is 1.17. The van der Waals surface area contributed by atoms with Crippen LogP contribution in [0.25, 0.3) is 0 Å². The van der Waals surface area contributed by atoms with Gasteiger partial charge in [-0.3, -0.25) is 0 Å². The number of hydrogen-bond acceptors (Lipinski definition) is 0. The molecule has 2 unspecified atom stereocenters. The third-order valence-corrected chi connectivity index (χ3v) is 2.92. The quantitative estimate of drug-likeness (QED) is 0.425. The lowest BCUT2D eigenvalue weighted by Gasteiger charge is -2.04. The van der Waals surface area contributed by atoms with Crippen LogP contribution in [-0.4, -0.2) is 5.66 Å². The minimum absolute atomic E-state index is 0.931. The van der Waals surface area contributed by atoms with Gasteiger partial charge in [-0.05, 0) is 18.0 Å². The molecule has 0 heterocycles. The van der Waals surface area contributed by atoms with Gasteiger partial charge in [-0.2, -0.15) is 0 Å². The van der Waals surface area contributed by atoms with E-state index in [1.807, 2.05) is 0 Å². The van der Waals surface area contributed by atoms with Crippen molar-refractivity contribution >= 4 is 9.24 Å². The summed E-state index contributed by atoms with van der Waals surface area (Å²) in [6.07, 6.45) is 4.34. The standard InChI is InChI=1S/C6H13P/c1-5-3-2-4-6(5)7/h5-6H,2-4,7H2,1H3/t5?,6-/m0/s1. The second-order valence-electron chi connectivity index (χ2n) is 2.57. The topological polar surface area (TPSA) is 0 Å². The molecule has 0 N–H and O–H groups in total. The molecular weight excluding hydrogens is 103 g/mol. The van der Waals surface area contributed by atoms with E-state index in [1.54, 1.807) is 0 Å². The van der Waals surface area contributed by atoms with E-state index in [9.17, 15) is 0 Å². The highest BCUT2D eigenvalue weighted by Gasteiger charge is 2.17. The minimum atomic E-state index is 0.931. The predicted octanol–water partition coefficient (Wildman–Crippen LogP) is 2.05. The molecule has 0 spiro atoms. The van der Waals surface area contributed by atoms with E-state index in [-0.39, 0.29) is 0 Å². The Kier molecular flexibility index (Phi) is 1.69. The van der Waals surface area contributed by atoms with Crippen molar-refractivity contribution in [1.29, 1.82) is 0 Å². The van der Waals surface area contributed by atoms with Gasteiger partial charge in [0.1, 0.15) is 0 Å². The van der Waals surface area contributed by atoms with Crippen molar-refractivity contribution in [3.63, 3.8) is 0 Å². The lowest BCUT2D eigenvalue weighted by Crippen LogP contribution is -1.98. The zero-order valence-electron chi connectivity index (χ0n) is 4.85. The average Bonchev–Trinajstić information content (AvgIpc) is 1.91. The molecule has 0 bridgehead atoms. The lowest BCUT2D eigenvalue weighted by atomic mass is 10.1. The summed E-state index contributed by atoms with van der Waals surface area (Å²) in [5.41, 5.74) is 0.931. The van der Waals surface area contributed by atoms with Crippen LogP contribution in [0.15, 0.2) is 0 Å². The fourth-order valence-corrected chi connectivity index (χ4v) is 1.60. The van der Waals surface area contributed by atoms with Crippen molar-refractivity contribution in [3.05, 3.63) is 0 Å². The molecule has 1 fully saturated rings. The molecule has 0 aromatic carbocycles. The Morgan fingerprint density at radius 1 is 1.43 bits per heavy atom. The van der Waals surface area contributed by atoms with E-state index in [0.717, 1.165) is 11.6 Å². The lowest BCUT2D eigenvalue weighted by molar-refractivity contribution is 0.624. The Bertz CT molecular complexity index is 53.2. The molecule has 0 saturated heterocycles. The van der Waals surface area contributed by atoms with Crippen LogP contribution in [0.5, 0.6) is 0 Å². The van der Waals surface area contributed by atoms with Crippen LogP contribution in [0.3, 0.4) is 0 Å². The van der Waals surface area contributed by atoms with Gasteiger partial charge in [-0.15, -0.1) is 9.24 Å². The van der Waals surface area contributed by atoms with Crippen molar-refractivity contribution in [3.8, 4) is 0 Å². The second kappa shape index (κ2) is 2.13. The highest BCUT2D eigenvalue weighted by molar-refractivity contribution is 7.17. The van der Waals surface area contributed by atoms with Crippen molar-refractivity contribution in [2.24, 2.45) is 5.92 Å². The largest absolute Gasteiger partial charge is 0.134 e. The van der Waals surface area contributed by atoms with Crippen LogP contribution in [0.2, 0.25) is 0 Å². The normalized spacial score (nSPS) is 42.0. The summed E-state index contributed by atoms with van der Waals surface area (Å²) in [5.74, 6) is 0.977. The Morgan fingerprint density at radius 3 is 2.29 bits per heavy atom. The van der Waals surface area contributed by atoms with E-state index in [0.29, 0.717) is 0 Å². The third kappa shape index (κ3) is 1.16. The summed E-state index contributed by atoms with van der Waals surface area (Å²) >= 11 is 0. The summed E-state index contributed by atoms with van der Waals surface area (Å²) in [5, 5.41) is 0. The average molecular weight is 116 g/mol. The van der Waals surface area contributed by atoms with Gasteiger partial charge < -0.3 is 0 Å². The predicted molar refractivity (Wildman–Crippen MR) is 36.5 cm³/mol. The molecule has 1 aliphatic carbocycles. The van der Waals surface area contributed by atoms with Crippen molar-refractivity contribution < 1.29 is 0 Å². The summed E-state index contributed by atoms with van der Waals surface area (Å²) in [7, 11) is 2.91. The molecule has 1 rings (SSSR count). The molecule has 7 heavy (non-hydrogen) atoms. The van der Waals surface area contributed by atoms with Gasteiger partial charge in [0.25, 0.3) is 0 Å². The summed E-state index contributed by atoms with van der Waals surface area (Å²) in [6, 6.07) is 0. The molecule has 1 heteroatoms. The summed E-state index contributed by atoms with van der Waals surface area (Å²) in [4.78, 5) is 0. The van der Waals surface area contributed by atoms with Crippen LogP contribution >= 0.6 is 9.24 Å². The summed E-state index contributed by atoms with van der Waals surface area (Å²) < 4.78 is 0. The van der Waals surface area contributed by atoms with Crippen LogP contribution < -0.4 is 0 Å². The monoisotopic (exact) mass is 116 g/mol. The first kappa shape index (κ1) is 5.56. The van der Waals surface area contributed by atoms with Gasteiger partial charge in [0.15, 0.2) is 0 Å². The van der Waals surface area contributed by atoms with E-state index in [1.165, 1.54) is 19.3 Å². The Hall–Kier alpha value is 0.430. The van der Waals surface area contributed by atoms with Crippen LogP contribution in [-0.2, 0) is 0 Å². The maximum Gasteiger partial charge on any atom is -0.0238 e. The van der Waals surface area contributed by atoms with Gasteiger partial charge in [0, 0.05) is 0 Å². The van der Waals surface area contributed by atoms with Gasteiger partial charge in [-0.25, -0.2) is 0 Å². The first-order valence-electron chi connectivity index (χ1n) is 3.06. The first-order chi connectivity index (χ1) is 3.30. The molecule has 1 saturated carbocycles. The Balaban J connectivity index is 2.33. The van der Waals surface area contributed by atoms with E-state index >= 15 is 0 Å². The highest BCUT2D eigenvalue weighted by Crippen LogP contribution is 2.30. The van der Waals surface area contributed by atoms with Crippen LogP contribution in [0.1, 0.15) is 26.2 Å². The zero-order chi connectivity index (χ0) is 5.28. The molecule has 0 aromatic rings. The maximum atomic E-state index is 2.91. The van der Waals surface area contributed by atoms with Crippen LogP contribution in [0.4, 0.5) is 0 Å². The van der Waals surface area contributed by atoms with Gasteiger partial charge in [0.2, 0.25) is 0 Å². The van der Waals surface area contributed by atoms with Gasteiger partial charge in [0.05, 0.1) is 0 Å². The van der Waals surface area contributed by atoms with Gasteiger partial charge >= 0.3 is 0 Å². The van der Waals surface area contributed by atoms with Crippen molar-refractivity contribution in [2.45, 2.75) is 31.8 Å². The molecule has 3 atom stereocenters. The zero-order valence-corrected chi connectivity index (χ0v) is 6.01. The molecule has 1 aliphatic rings. The molecule has 0 nitrogen and oxygen atoms in total. The minimum Gasteiger partial charge on any atom is -0.134 e. The van der Waals surface area contributed by atoms with Crippen molar-refractivity contribution in [2.75, 3.05) is 0 Å². The number of hydrogen-bond donors (Lipinski definition) is 0. The fraction of sp³-hybridized carbons (Fsp3) is 1.00. The summed E-state index contributed by atoms with van der Waals surface area (Å²) in [6.45, 7) is 2.34. The van der Waals surface area contributed by atoms with Crippen LogP contribution in [0, 0.1) is 5.92 Å². The second-order valence-corrected chi connectivity index (χ2v) is 3.43. The van der Waals surface area contributed by atoms with E-state index < -0.39 is 0 Å². The first-order valence-corrected chi connectivity index (χ1v) is 3.73. The third-order valence-electron chi connectivity index (χ3n) is 1.93. The van der Waals surface area contributed by atoms with Gasteiger partial charge in [-0.1, -0.05) is 19.8 Å². The molecular formula is C6H13P. The van der Waals surface area contributed by atoms with E-state index in [2.05, 4.69) is 16.2 Å². The van der Waals surface area contributed by atoms with Crippen molar-refractivity contribution in [1.82, 2.24) is 0 Å². The molecule has 0 aliphatic heterocycles. The SMILES string of the molecule is CC1CCC[C@@H]1P. The Labute approximate surface area is 47.9 Å². The van der Waals surface area contributed by atoms with E-state index in [4.69, 9.17) is 0 Å². The highest BCUT2D eigenvalue weighted by atomic mass is 31.0. The molecule has 42 valence electrons. The smallest absolute Gasteiger partial charge is 0.0238 e.